The van der Waals surface area contributed by atoms with Gasteiger partial charge in [-0.25, -0.2) is 0 Å². The molecule has 0 radical (unpaired) electrons. The molecular weight excluding hydrogens is 358 g/mol. The Morgan fingerprint density at radius 1 is 1.07 bits per heavy atom. The number of aromatic nitrogens is 1. The van der Waals surface area contributed by atoms with Gasteiger partial charge in [-0.05, 0) is 44.6 Å². The molecule has 0 fully saturated rings. The summed E-state index contributed by atoms with van der Waals surface area (Å²) >= 11 is 0. The molecule has 0 saturated carbocycles. The highest BCUT2D eigenvalue weighted by molar-refractivity contribution is 5.92. The second kappa shape index (κ2) is 10.7. The molecule has 0 aliphatic carbocycles. The van der Waals surface area contributed by atoms with E-state index in [1.807, 2.05) is 32.0 Å². The molecule has 7 nitrogen and oxygen atoms in total. The predicted molar refractivity (Wildman–Crippen MR) is 108 cm³/mol. The average Bonchev–Trinajstić information content (AvgIpc) is 3.19. The zero-order valence-electron chi connectivity index (χ0n) is 17.5. The van der Waals surface area contributed by atoms with E-state index in [4.69, 9.17) is 14.0 Å². The molecule has 0 aliphatic rings. The lowest BCUT2D eigenvalue weighted by Gasteiger charge is -2.24. The lowest BCUT2D eigenvalue weighted by Crippen LogP contribution is -2.38. The quantitative estimate of drug-likeness (QED) is 0.587. The van der Waals surface area contributed by atoms with Crippen LogP contribution in [-0.4, -0.2) is 60.7 Å². The van der Waals surface area contributed by atoms with E-state index in [2.05, 4.69) is 23.9 Å². The van der Waals surface area contributed by atoms with Gasteiger partial charge in [-0.3, -0.25) is 4.79 Å². The maximum atomic E-state index is 12.7. The smallest absolute Gasteiger partial charge is 0.276 e. The summed E-state index contributed by atoms with van der Waals surface area (Å²) in [5.74, 6) is 1.64. The molecule has 0 unspecified atom stereocenters. The molecule has 0 aliphatic heterocycles. The number of benzene rings is 1. The maximum absolute atomic E-state index is 12.7. The number of nitrogens with zero attached hydrogens (tertiary/aromatic N) is 3. The second-order valence-corrected chi connectivity index (χ2v) is 6.53. The van der Waals surface area contributed by atoms with E-state index in [-0.39, 0.29) is 12.5 Å². The van der Waals surface area contributed by atoms with Gasteiger partial charge in [0, 0.05) is 25.7 Å². The molecule has 1 aromatic carbocycles. The summed E-state index contributed by atoms with van der Waals surface area (Å²) in [6.45, 7) is 12.4. The molecule has 154 valence electrons. The summed E-state index contributed by atoms with van der Waals surface area (Å²) in [6.07, 6.45) is 0. The summed E-state index contributed by atoms with van der Waals surface area (Å²) in [4.78, 5) is 16.8. The predicted octanol–water partition coefficient (Wildman–Crippen LogP) is 3.37. The van der Waals surface area contributed by atoms with Gasteiger partial charge in [-0.1, -0.05) is 25.1 Å². The topological polar surface area (TPSA) is 68.0 Å². The molecule has 0 N–H and O–H groups in total. The molecule has 2 aromatic rings. The highest BCUT2D eigenvalue weighted by Gasteiger charge is 2.19. The molecule has 2 rings (SSSR count). The molecule has 7 heteroatoms. The fraction of sp³-hybridized carbons (Fsp3) is 0.524. The number of hydrogen-bond donors (Lipinski definition) is 0. The third-order valence-corrected chi connectivity index (χ3v) is 4.72. The third kappa shape index (κ3) is 5.73. The van der Waals surface area contributed by atoms with E-state index in [1.54, 1.807) is 18.1 Å². The Labute approximate surface area is 167 Å². The summed E-state index contributed by atoms with van der Waals surface area (Å²) in [5.41, 5.74) is 1.39. The van der Waals surface area contributed by atoms with Gasteiger partial charge < -0.3 is 23.8 Å². The molecule has 1 amide bonds. The van der Waals surface area contributed by atoms with E-state index in [0.717, 1.165) is 25.2 Å². The highest BCUT2D eigenvalue weighted by atomic mass is 16.5. The van der Waals surface area contributed by atoms with Gasteiger partial charge in [-0.2, -0.15) is 0 Å². The van der Waals surface area contributed by atoms with Crippen molar-refractivity contribution < 1.29 is 18.8 Å². The largest absolute Gasteiger partial charge is 0.493 e. The van der Waals surface area contributed by atoms with Crippen LogP contribution >= 0.6 is 0 Å². The van der Waals surface area contributed by atoms with E-state index in [0.29, 0.717) is 36.0 Å². The van der Waals surface area contributed by atoms with E-state index < -0.39 is 0 Å². The van der Waals surface area contributed by atoms with Crippen molar-refractivity contribution in [2.24, 2.45) is 0 Å². The Kier molecular flexibility index (Phi) is 8.32. The van der Waals surface area contributed by atoms with Crippen molar-refractivity contribution in [1.29, 1.82) is 0 Å². The number of likely N-dealkylation sites (N-methyl/N-ethyl adjacent to an activating group) is 2. The summed E-state index contributed by atoms with van der Waals surface area (Å²) < 4.78 is 16.4. The Morgan fingerprint density at radius 2 is 1.82 bits per heavy atom. The van der Waals surface area contributed by atoms with Crippen molar-refractivity contribution in [2.75, 3.05) is 39.8 Å². The number of methoxy groups -OCH3 is 1. The maximum Gasteiger partial charge on any atom is 0.276 e. The normalized spacial score (nSPS) is 10.9. The number of aryl methyl sites for hydroxylation is 1. The van der Waals surface area contributed by atoms with Gasteiger partial charge in [0.2, 0.25) is 0 Å². The molecule has 28 heavy (non-hydrogen) atoms. The average molecular weight is 389 g/mol. The lowest BCUT2D eigenvalue weighted by molar-refractivity contribution is 0.0736. The molecule has 0 atom stereocenters. The number of amides is 1. The van der Waals surface area contributed by atoms with Crippen LogP contribution in [0.15, 0.2) is 28.8 Å². The monoisotopic (exact) mass is 389 g/mol. The molecular formula is C21H31N3O4. The van der Waals surface area contributed by atoms with Gasteiger partial charge in [0.1, 0.15) is 6.61 Å². The zero-order valence-corrected chi connectivity index (χ0v) is 17.5. The Balaban J connectivity index is 1.97. The SMILES string of the molecule is CCN(CC)CCN(CC)C(=O)c1cc(COc2ccc(C)cc2OC)on1. The first-order valence-electron chi connectivity index (χ1n) is 9.76. The van der Waals surface area contributed by atoms with Gasteiger partial charge >= 0.3 is 0 Å². The van der Waals surface area contributed by atoms with Crippen LogP contribution in [0.3, 0.4) is 0 Å². The van der Waals surface area contributed by atoms with Crippen LogP contribution in [0.25, 0.3) is 0 Å². The van der Waals surface area contributed by atoms with Gasteiger partial charge in [0.25, 0.3) is 5.91 Å². The highest BCUT2D eigenvalue weighted by Crippen LogP contribution is 2.28. The van der Waals surface area contributed by atoms with Crippen LogP contribution in [0.5, 0.6) is 11.5 Å². The molecule has 1 aromatic heterocycles. The Morgan fingerprint density at radius 3 is 2.46 bits per heavy atom. The minimum absolute atomic E-state index is 0.127. The van der Waals surface area contributed by atoms with Gasteiger partial charge in [-0.15, -0.1) is 0 Å². The first kappa shape index (κ1) is 21.8. The van der Waals surface area contributed by atoms with E-state index in [9.17, 15) is 4.79 Å². The van der Waals surface area contributed by atoms with Crippen LogP contribution in [0.2, 0.25) is 0 Å². The molecule has 0 bridgehead atoms. The van der Waals surface area contributed by atoms with Gasteiger partial charge in [0.15, 0.2) is 23.0 Å². The second-order valence-electron chi connectivity index (χ2n) is 6.53. The van der Waals surface area contributed by atoms with Crippen molar-refractivity contribution in [2.45, 2.75) is 34.3 Å². The van der Waals surface area contributed by atoms with Crippen molar-refractivity contribution in [1.82, 2.24) is 15.0 Å². The number of rotatable bonds is 11. The fourth-order valence-corrected chi connectivity index (χ4v) is 2.89. The standard InChI is InChI=1S/C21H31N3O4/c1-6-23(7-2)11-12-24(8-3)21(25)18-14-17(28-22-18)15-27-19-10-9-16(4)13-20(19)26-5/h9-10,13-14H,6-8,11-12,15H2,1-5H3. The van der Waals surface area contributed by atoms with Crippen molar-refractivity contribution >= 4 is 5.91 Å². The number of carbonyl (C=O) groups is 1. The fourth-order valence-electron chi connectivity index (χ4n) is 2.89. The first-order valence-corrected chi connectivity index (χ1v) is 9.76. The Hall–Kier alpha value is -2.54. The van der Waals surface area contributed by atoms with Crippen molar-refractivity contribution in [3.05, 3.63) is 41.3 Å². The number of carbonyl (C=O) groups excluding carboxylic acids is 1. The van der Waals surface area contributed by atoms with Crippen LogP contribution in [0.1, 0.15) is 42.6 Å². The molecule has 1 heterocycles. The third-order valence-electron chi connectivity index (χ3n) is 4.72. The number of ether oxygens (including phenoxy) is 2. The minimum Gasteiger partial charge on any atom is -0.493 e. The lowest BCUT2D eigenvalue weighted by atomic mass is 10.2. The summed E-state index contributed by atoms with van der Waals surface area (Å²) in [7, 11) is 1.60. The van der Waals surface area contributed by atoms with Crippen molar-refractivity contribution in [3.63, 3.8) is 0 Å². The van der Waals surface area contributed by atoms with Crippen LogP contribution in [0.4, 0.5) is 0 Å². The van der Waals surface area contributed by atoms with E-state index in [1.165, 1.54) is 0 Å². The van der Waals surface area contributed by atoms with Crippen LogP contribution in [-0.2, 0) is 6.61 Å². The zero-order chi connectivity index (χ0) is 20.5. The van der Waals surface area contributed by atoms with E-state index >= 15 is 0 Å². The minimum atomic E-state index is -0.127. The van der Waals surface area contributed by atoms with Crippen LogP contribution < -0.4 is 9.47 Å². The summed E-state index contributed by atoms with van der Waals surface area (Å²) in [6, 6.07) is 7.34. The first-order chi connectivity index (χ1) is 13.5. The van der Waals surface area contributed by atoms with Crippen LogP contribution in [0, 0.1) is 6.92 Å². The number of hydrogen-bond acceptors (Lipinski definition) is 6. The van der Waals surface area contributed by atoms with Crippen molar-refractivity contribution in [3.8, 4) is 11.5 Å². The van der Waals surface area contributed by atoms with Gasteiger partial charge in [0.05, 0.1) is 7.11 Å². The molecule has 0 saturated heterocycles. The summed E-state index contributed by atoms with van der Waals surface area (Å²) in [5, 5.41) is 3.93. The Bertz CT molecular complexity index is 756. The molecule has 0 spiro atoms.